The molecule has 0 aliphatic rings. The lowest BCUT2D eigenvalue weighted by atomic mass is 10.1. The van der Waals surface area contributed by atoms with Gasteiger partial charge in [0.1, 0.15) is 0 Å². The molecule has 4 aromatic rings. The van der Waals surface area contributed by atoms with Crippen LogP contribution in [0.25, 0.3) is 10.2 Å². The highest BCUT2D eigenvalue weighted by Crippen LogP contribution is 2.32. The zero-order chi connectivity index (χ0) is 18.8. The Kier molecular flexibility index (Phi) is 5.05. The van der Waals surface area contributed by atoms with Crippen molar-refractivity contribution in [2.24, 2.45) is 0 Å². The van der Waals surface area contributed by atoms with E-state index in [0.717, 1.165) is 25.8 Å². The number of carbonyl (C=O) groups excluding carboxylic acids is 1. The van der Waals surface area contributed by atoms with Crippen LogP contribution in [0, 0.1) is 6.92 Å². The van der Waals surface area contributed by atoms with Gasteiger partial charge in [0.2, 0.25) is 0 Å². The van der Waals surface area contributed by atoms with Crippen LogP contribution in [-0.2, 0) is 6.54 Å². The maximum absolute atomic E-state index is 13.3. The number of carbonyl (C=O) groups is 1. The summed E-state index contributed by atoms with van der Waals surface area (Å²) in [4.78, 5) is 19.8. The van der Waals surface area contributed by atoms with E-state index in [1.807, 2.05) is 79.7 Å². The SMILES string of the molecule is Cc1ccc(C(=O)N(Cc2ccccc2)c2nc3ccc(Br)cc3s2)cc1. The number of anilines is 1. The molecule has 0 fully saturated rings. The van der Waals surface area contributed by atoms with Gasteiger partial charge in [-0.1, -0.05) is 75.3 Å². The third-order valence-corrected chi connectivity index (χ3v) is 5.83. The Morgan fingerprint density at radius 2 is 1.78 bits per heavy atom. The van der Waals surface area contributed by atoms with Crippen LogP contribution in [0.3, 0.4) is 0 Å². The van der Waals surface area contributed by atoms with E-state index in [4.69, 9.17) is 4.98 Å². The predicted molar refractivity (Wildman–Crippen MR) is 115 cm³/mol. The number of nitrogens with zero attached hydrogens (tertiary/aromatic N) is 2. The first-order valence-corrected chi connectivity index (χ1v) is 10.2. The van der Waals surface area contributed by atoms with Gasteiger partial charge in [-0.25, -0.2) is 4.98 Å². The summed E-state index contributed by atoms with van der Waals surface area (Å²) in [6, 6.07) is 23.6. The van der Waals surface area contributed by atoms with Gasteiger partial charge < -0.3 is 0 Å². The molecule has 0 atom stereocenters. The molecule has 1 heterocycles. The van der Waals surface area contributed by atoms with Gasteiger partial charge in [0.25, 0.3) is 5.91 Å². The van der Waals surface area contributed by atoms with Crippen molar-refractivity contribution >= 4 is 48.5 Å². The van der Waals surface area contributed by atoms with Crippen molar-refractivity contribution in [3.05, 3.63) is 94.0 Å². The van der Waals surface area contributed by atoms with Crippen LogP contribution in [0.5, 0.6) is 0 Å². The molecule has 0 N–H and O–H groups in total. The molecule has 0 aliphatic heterocycles. The van der Waals surface area contributed by atoms with Crippen molar-refractivity contribution in [3.8, 4) is 0 Å². The highest BCUT2D eigenvalue weighted by Gasteiger charge is 2.21. The highest BCUT2D eigenvalue weighted by atomic mass is 79.9. The lowest BCUT2D eigenvalue weighted by Crippen LogP contribution is -2.30. The topological polar surface area (TPSA) is 33.2 Å². The Morgan fingerprint density at radius 3 is 2.52 bits per heavy atom. The average Bonchev–Trinajstić information content (AvgIpc) is 3.10. The number of halogens is 1. The summed E-state index contributed by atoms with van der Waals surface area (Å²) in [7, 11) is 0. The van der Waals surface area contributed by atoms with Crippen molar-refractivity contribution in [3.63, 3.8) is 0 Å². The summed E-state index contributed by atoms with van der Waals surface area (Å²) in [5.74, 6) is -0.0445. The standard InChI is InChI=1S/C22H17BrN2OS/c1-15-7-9-17(10-8-15)21(26)25(14-16-5-3-2-4-6-16)22-24-19-12-11-18(23)13-20(19)27-22/h2-13H,14H2,1H3. The molecule has 3 nitrogen and oxygen atoms in total. The third kappa shape index (κ3) is 3.94. The maximum Gasteiger partial charge on any atom is 0.260 e. The van der Waals surface area contributed by atoms with Crippen LogP contribution in [0.15, 0.2) is 77.3 Å². The fourth-order valence-electron chi connectivity index (χ4n) is 2.85. The van der Waals surface area contributed by atoms with E-state index in [-0.39, 0.29) is 5.91 Å². The summed E-state index contributed by atoms with van der Waals surface area (Å²) in [6.45, 7) is 2.50. The summed E-state index contributed by atoms with van der Waals surface area (Å²) in [6.07, 6.45) is 0. The average molecular weight is 437 g/mol. The molecule has 5 heteroatoms. The Bertz CT molecular complexity index is 1090. The molecule has 4 rings (SSSR count). The van der Waals surface area contributed by atoms with E-state index < -0.39 is 0 Å². The minimum Gasteiger partial charge on any atom is -0.279 e. The summed E-state index contributed by atoms with van der Waals surface area (Å²) in [5, 5.41) is 0.706. The molecule has 1 aromatic heterocycles. The minimum absolute atomic E-state index is 0.0445. The number of thiazole rings is 1. The second kappa shape index (κ2) is 7.62. The van der Waals surface area contributed by atoms with E-state index in [0.29, 0.717) is 17.2 Å². The molecular formula is C22H17BrN2OS. The zero-order valence-corrected chi connectivity index (χ0v) is 17.1. The Hall–Kier alpha value is -2.50. The third-order valence-electron chi connectivity index (χ3n) is 4.30. The molecule has 3 aromatic carbocycles. The number of aryl methyl sites for hydroxylation is 1. The Balaban J connectivity index is 1.76. The van der Waals surface area contributed by atoms with Gasteiger partial charge in [-0.2, -0.15) is 0 Å². The van der Waals surface area contributed by atoms with Gasteiger partial charge in [-0.3, -0.25) is 9.69 Å². The normalized spacial score (nSPS) is 10.9. The van der Waals surface area contributed by atoms with Gasteiger partial charge >= 0.3 is 0 Å². The highest BCUT2D eigenvalue weighted by molar-refractivity contribution is 9.10. The first kappa shape index (κ1) is 17.9. The number of hydrogen-bond acceptors (Lipinski definition) is 3. The number of amides is 1. The van der Waals surface area contributed by atoms with Crippen LogP contribution >= 0.6 is 27.3 Å². The fraction of sp³-hybridized carbons (Fsp3) is 0.0909. The molecule has 0 bridgehead atoms. The molecule has 27 heavy (non-hydrogen) atoms. The first-order chi connectivity index (χ1) is 13.1. The van der Waals surface area contributed by atoms with Gasteiger partial charge in [-0.15, -0.1) is 0 Å². The molecule has 0 saturated carbocycles. The lowest BCUT2D eigenvalue weighted by molar-refractivity contribution is 0.0985. The largest absolute Gasteiger partial charge is 0.279 e. The van der Waals surface area contributed by atoms with Crippen LogP contribution in [0.1, 0.15) is 21.5 Å². The van der Waals surface area contributed by atoms with Crippen molar-refractivity contribution in [2.75, 3.05) is 4.90 Å². The monoisotopic (exact) mass is 436 g/mol. The summed E-state index contributed by atoms with van der Waals surface area (Å²) >= 11 is 5.03. The van der Waals surface area contributed by atoms with Crippen LogP contribution in [0.4, 0.5) is 5.13 Å². The summed E-state index contributed by atoms with van der Waals surface area (Å²) < 4.78 is 2.05. The van der Waals surface area contributed by atoms with Gasteiger partial charge in [0.15, 0.2) is 5.13 Å². The van der Waals surface area contributed by atoms with Crippen LogP contribution in [-0.4, -0.2) is 10.9 Å². The molecule has 1 amide bonds. The molecule has 0 saturated heterocycles. The quantitative estimate of drug-likeness (QED) is 0.380. The van der Waals surface area contributed by atoms with E-state index in [9.17, 15) is 4.79 Å². The van der Waals surface area contributed by atoms with E-state index in [2.05, 4.69) is 15.9 Å². The van der Waals surface area contributed by atoms with Gasteiger partial charge in [0, 0.05) is 10.0 Å². The van der Waals surface area contributed by atoms with E-state index in [1.165, 1.54) is 11.3 Å². The van der Waals surface area contributed by atoms with Crippen LogP contribution < -0.4 is 4.90 Å². The van der Waals surface area contributed by atoms with Crippen molar-refractivity contribution in [2.45, 2.75) is 13.5 Å². The molecule has 0 radical (unpaired) electrons. The zero-order valence-electron chi connectivity index (χ0n) is 14.7. The number of benzene rings is 3. The lowest BCUT2D eigenvalue weighted by Gasteiger charge is -2.20. The summed E-state index contributed by atoms with van der Waals surface area (Å²) in [5.41, 5.74) is 3.76. The van der Waals surface area contributed by atoms with Crippen LogP contribution in [0.2, 0.25) is 0 Å². The molecule has 0 spiro atoms. The molecule has 0 aliphatic carbocycles. The molecule has 134 valence electrons. The second-order valence-corrected chi connectivity index (χ2v) is 8.28. The first-order valence-electron chi connectivity index (χ1n) is 8.59. The van der Waals surface area contributed by atoms with Gasteiger partial charge in [-0.05, 0) is 42.8 Å². The van der Waals surface area contributed by atoms with Crippen molar-refractivity contribution < 1.29 is 4.79 Å². The number of fused-ring (bicyclic) bond motifs is 1. The van der Waals surface area contributed by atoms with Crippen molar-refractivity contribution in [1.29, 1.82) is 0 Å². The minimum atomic E-state index is -0.0445. The number of rotatable bonds is 4. The number of hydrogen-bond donors (Lipinski definition) is 0. The molecular weight excluding hydrogens is 420 g/mol. The predicted octanol–water partition coefficient (Wildman–Crippen LogP) is 6.21. The maximum atomic E-state index is 13.3. The van der Waals surface area contributed by atoms with Gasteiger partial charge in [0.05, 0.1) is 16.8 Å². The smallest absolute Gasteiger partial charge is 0.260 e. The van der Waals surface area contributed by atoms with Crippen molar-refractivity contribution in [1.82, 2.24) is 4.98 Å². The molecule has 0 unspecified atom stereocenters. The second-order valence-electron chi connectivity index (χ2n) is 6.35. The Morgan fingerprint density at radius 1 is 1.04 bits per heavy atom. The fourth-order valence-corrected chi connectivity index (χ4v) is 4.36. The van der Waals surface area contributed by atoms with E-state index in [1.54, 1.807) is 4.90 Å². The number of aromatic nitrogens is 1. The Labute approximate surface area is 170 Å². The van der Waals surface area contributed by atoms with E-state index >= 15 is 0 Å².